The summed E-state index contributed by atoms with van der Waals surface area (Å²) in [4.78, 5) is 38.8. The summed E-state index contributed by atoms with van der Waals surface area (Å²) in [6.45, 7) is 0.363. The Labute approximate surface area is 214 Å². The molecular formula is C29H28N2O6. The van der Waals surface area contributed by atoms with Crippen molar-refractivity contribution >= 4 is 18.0 Å². The number of ether oxygens (including phenoxy) is 2. The van der Waals surface area contributed by atoms with Gasteiger partial charge in [-0.05, 0) is 27.8 Å². The Hall–Kier alpha value is -4.17. The van der Waals surface area contributed by atoms with Crippen LogP contribution in [0.3, 0.4) is 0 Å². The molecule has 8 heteroatoms. The van der Waals surface area contributed by atoms with E-state index in [0.717, 1.165) is 27.8 Å². The number of benzene rings is 3. The first-order chi connectivity index (χ1) is 18.0. The second kappa shape index (κ2) is 10.8. The van der Waals surface area contributed by atoms with Gasteiger partial charge in [0.05, 0.1) is 6.42 Å². The van der Waals surface area contributed by atoms with E-state index < -0.39 is 30.1 Å². The molecule has 1 aliphatic heterocycles. The van der Waals surface area contributed by atoms with Crippen molar-refractivity contribution in [3.63, 3.8) is 0 Å². The molecule has 190 valence electrons. The Kier molecular flexibility index (Phi) is 7.18. The van der Waals surface area contributed by atoms with Crippen LogP contribution in [0.2, 0.25) is 0 Å². The van der Waals surface area contributed by atoms with Gasteiger partial charge in [0.1, 0.15) is 25.4 Å². The molecule has 0 aromatic heterocycles. The smallest absolute Gasteiger partial charge is 0.407 e. The van der Waals surface area contributed by atoms with Crippen molar-refractivity contribution in [2.24, 2.45) is 0 Å². The average molecular weight is 501 g/mol. The molecule has 2 atom stereocenters. The second-order valence-electron chi connectivity index (χ2n) is 9.20. The van der Waals surface area contributed by atoms with Crippen molar-refractivity contribution in [1.29, 1.82) is 0 Å². The highest BCUT2D eigenvalue weighted by Gasteiger charge is 2.41. The Morgan fingerprint density at radius 2 is 1.51 bits per heavy atom. The first-order valence-corrected chi connectivity index (χ1v) is 12.3. The molecule has 3 aromatic carbocycles. The molecule has 0 unspecified atom stereocenters. The van der Waals surface area contributed by atoms with E-state index in [2.05, 4.69) is 5.32 Å². The van der Waals surface area contributed by atoms with Crippen molar-refractivity contribution < 1.29 is 29.0 Å². The molecule has 1 saturated heterocycles. The Morgan fingerprint density at radius 1 is 0.892 bits per heavy atom. The highest BCUT2D eigenvalue weighted by atomic mass is 16.5. The van der Waals surface area contributed by atoms with Crippen molar-refractivity contribution in [3.05, 3.63) is 95.6 Å². The maximum atomic E-state index is 12.8. The Morgan fingerprint density at radius 3 is 2.19 bits per heavy atom. The van der Waals surface area contributed by atoms with Crippen LogP contribution in [0.4, 0.5) is 4.79 Å². The zero-order chi connectivity index (χ0) is 25.8. The maximum absolute atomic E-state index is 12.8. The number of aliphatic hydroxyl groups excluding tert-OH is 1. The van der Waals surface area contributed by atoms with E-state index in [9.17, 15) is 19.5 Å². The zero-order valence-corrected chi connectivity index (χ0v) is 20.2. The lowest BCUT2D eigenvalue weighted by molar-refractivity contribution is -0.145. The monoisotopic (exact) mass is 500 g/mol. The first kappa shape index (κ1) is 24.5. The molecule has 0 saturated carbocycles. The van der Waals surface area contributed by atoms with Crippen LogP contribution in [0.25, 0.3) is 11.1 Å². The fraction of sp³-hybridized carbons (Fsp3) is 0.276. The molecule has 2 amide bonds. The number of β-amino-alcohol motifs (C(OH)–C–C–N with tert-alkyl or cyclic N) is 1. The normalized spacial score (nSPS) is 18.3. The third-order valence-electron chi connectivity index (χ3n) is 6.82. The van der Waals surface area contributed by atoms with Crippen LogP contribution in [0, 0.1) is 0 Å². The van der Waals surface area contributed by atoms with E-state index in [1.54, 1.807) is 0 Å². The molecule has 0 bridgehead atoms. The number of rotatable bonds is 8. The van der Waals surface area contributed by atoms with Gasteiger partial charge < -0.3 is 24.8 Å². The van der Waals surface area contributed by atoms with Crippen LogP contribution >= 0.6 is 0 Å². The summed E-state index contributed by atoms with van der Waals surface area (Å²) in [5.74, 6) is -1.02. The number of aliphatic hydroxyl groups is 1. The minimum absolute atomic E-state index is 0.0110. The molecule has 0 spiro atoms. The lowest BCUT2D eigenvalue weighted by atomic mass is 9.98. The minimum Gasteiger partial charge on any atom is -0.461 e. The van der Waals surface area contributed by atoms with Crippen molar-refractivity contribution in [3.8, 4) is 11.1 Å². The standard InChI is InChI=1S/C29H28N2O6/c32-25-16-31(15-14-26(33)36-17-19-8-2-1-3-9-19)28(34)27(25)30-29(35)37-18-24-22-12-6-4-10-20(22)21-11-5-7-13-23(21)24/h1-13,24-25,27,32H,14-18H2,(H,30,35)/t25-,27+/m1/s1. The van der Waals surface area contributed by atoms with Crippen LogP contribution < -0.4 is 5.32 Å². The van der Waals surface area contributed by atoms with Gasteiger partial charge >= 0.3 is 12.1 Å². The number of carbonyl (C=O) groups excluding carboxylic acids is 3. The summed E-state index contributed by atoms with van der Waals surface area (Å²) >= 11 is 0. The third kappa shape index (κ3) is 5.34. The highest BCUT2D eigenvalue weighted by Crippen LogP contribution is 2.44. The molecule has 1 heterocycles. The molecule has 1 fully saturated rings. The van der Waals surface area contributed by atoms with Crippen molar-refractivity contribution in [2.75, 3.05) is 19.7 Å². The SMILES string of the molecule is O=C(CCN1C[C@@H](O)[C@H](NC(=O)OCC2c3ccccc3-c3ccccc32)C1=O)OCc1ccccc1. The number of amides is 2. The van der Waals surface area contributed by atoms with Gasteiger partial charge in [0, 0.05) is 19.0 Å². The zero-order valence-electron chi connectivity index (χ0n) is 20.2. The quantitative estimate of drug-likeness (QED) is 0.460. The van der Waals surface area contributed by atoms with Crippen LogP contribution in [0.15, 0.2) is 78.9 Å². The van der Waals surface area contributed by atoms with Gasteiger partial charge in [0.25, 0.3) is 0 Å². The van der Waals surface area contributed by atoms with Crippen molar-refractivity contribution in [1.82, 2.24) is 10.2 Å². The van der Waals surface area contributed by atoms with E-state index in [-0.39, 0.29) is 38.6 Å². The van der Waals surface area contributed by atoms with Gasteiger partial charge in [-0.25, -0.2) is 4.79 Å². The van der Waals surface area contributed by atoms with E-state index in [0.29, 0.717) is 0 Å². The molecule has 2 aliphatic rings. The molecule has 2 N–H and O–H groups in total. The number of hydrogen-bond donors (Lipinski definition) is 2. The first-order valence-electron chi connectivity index (χ1n) is 12.3. The third-order valence-corrected chi connectivity index (χ3v) is 6.82. The summed E-state index contributed by atoms with van der Waals surface area (Å²) in [5, 5.41) is 12.9. The predicted molar refractivity (Wildman–Crippen MR) is 135 cm³/mol. The van der Waals surface area contributed by atoms with E-state index in [1.165, 1.54) is 4.90 Å². The number of likely N-dealkylation sites (tertiary alicyclic amines) is 1. The van der Waals surface area contributed by atoms with E-state index in [4.69, 9.17) is 9.47 Å². The predicted octanol–water partition coefficient (Wildman–Crippen LogP) is 3.23. The van der Waals surface area contributed by atoms with Crippen LogP contribution in [0.1, 0.15) is 29.0 Å². The second-order valence-corrected chi connectivity index (χ2v) is 9.20. The van der Waals surface area contributed by atoms with Gasteiger partial charge in [-0.1, -0.05) is 78.9 Å². The fourth-order valence-electron chi connectivity index (χ4n) is 4.95. The molecule has 5 rings (SSSR count). The summed E-state index contributed by atoms with van der Waals surface area (Å²) in [5.41, 5.74) is 5.27. The molecular weight excluding hydrogens is 472 g/mol. The number of alkyl carbamates (subject to hydrolysis) is 1. The number of nitrogens with one attached hydrogen (secondary N) is 1. The van der Waals surface area contributed by atoms with Crippen LogP contribution in [-0.2, 0) is 25.7 Å². The molecule has 0 radical (unpaired) electrons. The van der Waals surface area contributed by atoms with Crippen LogP contribution in [-0.4, -0.2) is 59.8 Å². The van der Waals surface area contributed by atoms with Gasteiger partial charge in [0.2, 0.25) is 5.91 Å². The van der Waals surface area contributed by atoms with E-state index >= 15 is 0 Å². The van der Waals surface area contributed by atoms with E-state index in [1.807, 2.05) is 78.9 Å². The van der Waals surface area contributed by atoms with Gasteiger partial charge in [-0.2, -0.15) is 0 Å². The van der Waals surface area contributed by atoms with Crippen LogP contribution in [0.5, 0.6) is 0 Å². The van der Waals surface area contributed by atoms with Gasteiger partial charge in [0.15, 0.2) is 0 Å². The molecule has 3 aromatic rings. The summed E-state index contributed by atoms with van der Waals surface area (Å²) < 4.78 is 10.7. The largest absolute Gasteiger partial charge is 0.461 e. The minimum atomic E-state index is -1.13. The fourth-order valence-corrected chi connectivity index (χ4v) is 4.95. The Bertz CT molecular complexity index is 1250. The number of carbonyl (C=O) groups is 3. The summed E-state index contributed by atoms with van der Waals surface area (Å²) in [6.07, 6.45) is -1.89. The highest BCUT2D eigenvalue weighted by molar-refractivity contribution is 5.89. The number of nitrogens with zero attached hydrogens (tertiary/aromatic N) is 1. The lowest BCUT2D eigenvalue weighted by Gasteiger charge is -2.18. The lowest BCUT2D eigenvalue weighted by Crippen LogP contribution is -2.46. The van der Waals surface area contributed by atoms with Crippen molar-refractivity contribution in [2.45, 2.75) is 31.1 Å². The Balaban J connectivity index is 1.11. The maximum Gasteiger partial charge on any atom is 0.407 e. The topological polar surface area (TPSA) is 105 Å². The molecule has 37 heavy (non-hydrogen) atoms. The molecule has 8 nitrogen and oxygen atoms in total. The van der Waals surface area contributed by atoms with Gasteiger partial charge in [-0.3, -0.25) is 9.59 Å². The summed E-state index contributed by atoms with van der Waals surface area (Å²) in [6, 6.07) is 24.2. The molecule has 1 aliphatic carbocycles. The van der Waals surface area contributed by atoms with Gasteiger partial charge in [-0.15, -0.1) is 0 Å². The number of hydrogen-bond acceptors (Lipinski definition) is 6. The number of esters is 1. The average Bonchev–Trinajstić information content (AvgIpc) is 3.39. The summed E-state index contributed by atoms with van der Waals surface area (Å²) in [7, 11) is 0. The number of fused-ring (bicyclic) bond motifs is 3.